The van der Waals surface area contributed by atoms with Crippen LogP contribution in [-0.2, 0) is 0 Å². The zero-order chi connectivity index (χ0) is 21.1. The third-order valence-electron chi connectivity index (χ3n) is 4.81. The summed E-state index contributed by atoms with van der Waals surface area (Å²) in [5.74, 6) is 1.07. The molecule has 0 aliphatic rings. The van der Waals surface area contributed by atoms with Crippen molar-refractivity contribution in [3.05, 3.63) is 88.3 Å². The Bertz CT molecular complexity index is 1290. The van der Waals surface area contributed by atoms with Crippen molar-refractivity contribution in [2.24, 2.45) is 4.99 Å². The molecule has 0 bridgehead atoms. The highest BCUT2D eigenvalue weighted by atomic mass is 16.5. The molecule has 0 saturated heterocycles. The van der Waals surface area contributed by atoms with Gasteiger partial charge in [0, 0.05) is 23.2 Å². The van der Waals surface area contributed by atoms with Gasteiger partial charge >= 0.3 is 0 Å². The monoisotopic (exact) mass is 399 g/mol. The SMILES string of the molecule is CCOc1ccc(-n2c(O)c(/C=N/c3ncccc3C)c3ccccc3c2=O)cc1. The number of hydrogen-bond acceptors (Lipinski definition) is 5. The molecule has 0 fully saturated rings. The summed E-state index contributed by atoms with van der Waals surface area (Å²) in [5.41, 5.74) is 1.59. The second-order valence-corrected chi connectivity index (χ2v) is 6.75. The Morgan fingerprint density at radius 3 is 2.50 bits per heavy atom. The second-order valence-electron chi connectivity index (χ2n) is 6.75. The van der Waals surface area contributed by atoms with Crippen LogP contribution in [0, 0.1) is 6.92 Å². The molecular weight excluding hydrogens is 378 g/mol. The van der Waals surface area contributed by atoms with E-state index < -0.39 is 0 Å². The molecule has 4 rings (SSSR count). The second kappa shape index (κ2) is 8.21. The molecule has 150 valence electrons. The highest BCUT2D eigenvalue weighted by Crippen LogP contribution is 2.27. The number of hydrogen-bond donors (Lipinski definition) is 1. The van der Waals surface area contributed by atoms with Crippen molar-refractivity contribution in [2.75, 3.05) is 6.61 Å². The standard InChI is InChI=1S/C24H21N3O3/c1-3-30-18-12-10-17(11-13-18)27-23(28)20-9-5-4-8-19(20)21(24(27)29)15-26-22-16(2)7-6-14-25-22/h4-15,29H,3H2,1-2H3/b26-15+. The van der Waals surface area contributed by atoms with Gasteiger partial charge in [0.25, 0.3) is 5.56 Å². The first-order valence-corrected chi connectivity index (χ1v) is 9.65. The molecule has 6 heteroatoms. The van der Waals surface area contributed by atoms with Gasteiger partial charge in [-0.3, -0.25) is 4.79 Å². The van der Waals surface area contributed by atoms with Crippen LogP contribution in [0.3, 0.4) is 0 Å². The number of nitrogens with zero attached hydrogens (tertiary/aromatic N) is 3. The van der Waals surface area contributed by atoms with Crippen LogP contribution < -0.4 is 10.3 Å². The molecule has 0 atom stereocenters. The quantitative estimate of drug-likeness (QED) is 0.500. The number of ether oxygens (including phenoxy) is 1. The third-order valence-corrected chi connectivity index (χ3v) is 4.81. The lowest BCUT2D eigenvalue weighted by Gasteiger charge is -2.14. The number of aliphatic imine (C=N–C) groups is 1. The van der Waals surface area contributed by atoms with Gasteiger partial charge < -0.3 is 9.84 Å². The van der Waals surface area contributed by atoms with Crippen LogP contribution >= 0.6 is 0 Å². The number of fused-ring (bicyclic) bond motifs is 1. The first-order chi connectivity index (χ1) is 14.6. The molecule has 0 aliphatic carbocycles. The van der Waals surface area contributed by atoms with Gasteiger partial charge in [0.2, 0.25) is 5.88 Å². The van der Waals surface area contributed by atoms with Gasteiger partial charge in [-0.05, 0) is 55.8 Å². The molecular formula is C24H21N3O3. The maximum absolute atomic E-state index is 13.2. The summed E-state index contributed by atoms with van der Waals surface area (Å²) in [6.07, 6.45) is 3.22. The molecule has 2 aromatic heterocycles. The molecule has 1 N–H and O–H groups in total. The van der Waals surface area contributed by atoms with E-state index in [1.807, 2.05) is 32.0 Å². The average Bonchev–Trinajstić information content (AvgIpc) is 2.76. The molecule has 0 unspecified atom stereocenters. The van der Waals surface area contributed by atoms with Crippen molar-refractivity contribution in [1.29, 1.82) is 0 Å². The number of pyridine rings is 2. The molecule has 2 aromatic carbocycles. The van der Waals surface area contributed by atoms with Gasteiger partial charge in [0.1, 0.15) is 5.75 Å². The molecule has 0 amide bonds. The Kier molecular flexibility index (Phi) is 5.30. The number of benzene rings is 2. The summed E-state index contributed by atoms with van der Waals surface area (Å²) >= 11 is 0. The predicted molar refractivity (Wildman–Crippen MR) is 119 cm³/mol. The van der Waals surface area contributed by atoms with Crippen molar-refractivity contribution in [3.63, 3.8) is 0 Å². The zero-order valence-electron chi connectivity index (χ0n) is 16.7. The molecule has 4 aromatic rings. The Hall–Kier alpha value is -3.93. The summed E-state index contributed by atoms with van der Waals surface area (Å²) in [7, 11) is 0. The minimum atomic E-state index is -0.307. The van der Waals surface area contributed by atoms with Gasteiger partial charge in [-0.2, -0.15) is 0 Å². The smallest absolute Gasteiger partial charge is 0.265 e. The Balaban J connectivity index is 1.92. The van der Waals surface area contributed by atoms with Crippen LogP contribution in [0.5, 0.6) is 11.6 Å². The van der Waals surface area contributed by atoms with E-state index in [-0.39, 0.29) is 11.4 Å². The first kappa shape index (κ1) is 19.4. The maximum atomic E-state index is 13.2. The predicted octanol–water partition coefficient (Wildman–Crippen LogP) is 4.55. The number of aromatic hydroxyl groups is 1. The van der Waals surface area contributed by atoms with Crippen LogP contribution in [0.4, 0.5) is 5.82 Å². The van der Waals surface area contributed by atoms with Gasteiger partial charge in [-0.1, -0.05) is 24.3 Å². The molecule has 0 radical (unpaired) electrons. The zero-order valence-corrected chi connectivity index (χ0v) is 16.7. The topological polar surface area (TPSA) is 76.7 Å². The number of aromatic nitrogens is 2. The number of aryl methyl sites for hydroxylation is 1. The molecule has 30 heavy (non-hydrogen) atoms. The van der Waals surface area contributed by atoms with Crippen LogP contribution in [0.25, 0.3) is 16.5 Å². The normalized spacial score (nSPS) is 11.3. The van der Waals surface area contributed by atoms with E-state index in [2.05, 4.69) is 9.98 Å². The highest BCUT2D eigenvalue weighted by Gasteiger charge is 2.16. The first-order valence-electron chi connectivity index (χ1n) is 9.65. The van der Waals surface area contributed by atoms with Gasteiger partial charge in [0.05, 0.1) is 17.9 Å². The minimum absolute atomic E-state index is 0.180. The van der Waals surface area contributed by atoms with Crippen molar-refractivity contribution in [1.82, 2.24) is 9.55 Å². The van der Waals surface area contributed by atoms with Crippen molar-refractivity contribution in [3.8, 4) is 17.3 Å². The Morgan fingerprint density at radius 2 is 1.80 bits per heavy atom. The largest absolute Gasteiger partial charge is 0.494 e. The summed E-state index contributed by atoms with van der Waals surface area (Å²) in [6.45, 7) is 4.37. The van der Waals surface area contributed by atoms with Gasteiger partial charge in [-0.15, -0.1) is 0 Å². The number of rotatable bonds is 5. The molecule has 0 saturated carbocycles. The van der Waals surface area contributed by atoms with Crippen LogP contribution in [0.1, 0.15) is 18.1 Å². The van der Waals surface area contributed by atoms with E-state index in [9.17, 15) is 9.90 Å². The molecule has 0 spiro atoms. The summed E-state index contributed by atoms with van der Waals surface area (Å²) in [6, 6.07) is 17.9. The summed E-state index contributed by atoms with van der Waals surface area (Å²) in [4.78, 5) is 21.9. The Morgan fingerprint density at radius 1 is 1.07 bits per heavy atom. The van der Waals surface area contributed by atoms with E-state index in [1.54, 1.807) is 54.9 Å². The van der Waals surface area contributed by atoms with Gasteiger partial charge in [-0.25, -0.2) is 14.5 Å². The van der Waals surface area contributed by atoms with Crippen molar-refractivity contribution in [2.45, 2.75) is 13.8 Å². The lowest BCUT2D eigenvalue weighted by molar-refractivity contribution is 0.340. The highest BCUT2D eigenvalue weighted by molar-refractivity contribution is 6.02. The van der Waals surface area contributed by atoms with Crippen molar-refractivity contribution >= 4 is 22.8 Å². The fraction of sp³-hybridized carbons (Fsp3) is 0.125. The fourth-order valence-corrected chi connectivity index (χ4v) is 3.33. The van der Waals surface area contributed by atoms with E-state index in [4.69, 9.17) is 4.74 Å². The van der Waals surface area contributed by atoms with E-state index >= 15 is 0 Å². The van der Waals surface area contributed by atoms with Crippen LogP contribution in [0.2, 0.25) is 0 Å². The summed E-state index contributed by atoms with van der Waals surface area (Å²) < 4.78 is 6.75. The lowest BCUT2D eigenvalue weighted by Crippen LogP contribution is -2.20. The molecule has 0 aliphatic heterocycles. The van der Waals surface area contributed by atoms with Crippen LogP contribution in [-0.4, -0.2) is 27.5 Å². The van der Waals surface area contributed by atoms with Crippen molar-refractivity contribution < 1.29 is 9.84 Å². The lowest BCUT2D eigenvalue weighted by atomic mass is 10.1. The third kappa shape index (κ3) is 3.55. The van der Waals surface area contributed by atoms with E-state index in [1.165, 1.54) is 4.57 Å². The fourth-order valence-electron chi connectivity index (χ4n) is 3.33. The molecule has 2 heterocycles. The maximum Gasteiger partial charge on any atom is 0.265 e. The Labute approximate surface area is 173 Å². The average molecular weight is 399 g/mol. The summed E-state index contributed by atoms with van der Waals surface area (Å²) in [5, 5.41) is 12.2. The minimum Gasteiger partial charge on any atom is -0.494 e. The van der Waals surface area contributed by atoms with E-state index in [0.29, 0.717) is 40.2 Å². The van der Waals surface area contributed by atoms with Gasteiger partial charge in [0.15, 0.2) is 5.82 Å². The van der Waals surface area contributed by atoms with E-state index in [0.717, 1.165) is 5.56 Å². The molecule has 6 nitrogen and oxygen atoms in total. The van der Waals surface area contributed by atoms with Crippen LogP contribution in [0.15, 0.2) is 76.6 Å².